The van der Waals surface area contributed by atoms with Crippen molar-refractivity contribution in [2.75, 3.05) is 20.8 Å². The van der Waals surface area contributed by atoms with E-state index in [1.807, 2.05) is 25.1 Å². The Bertz CT molecular complexity index is 729. The lowest BCUT2D eigenvalue weighted by Crippen LogP contribution is -2.45. The predicted molar refractivity (Wildman–Crippen MR) is 109 cm³/mol. The zero-order valence-corrected chi connectivity index (χ0v) is 17.4. The van der Waals surface area contributed by atoms with E-state index in [9.17, 15) is 4.79 Å². The van der Waals surface area contributed by atoms with Gasteiger partial charge in [-0.1, -0.05) is 26.7 Å². The number of carbonyl (C=O) groups excluding carboxylic acids is 1. The Morgan fingerprint density at radius 2 is 1.93 bits per heavy atom. The molecule has 0 radical (unpaired) electrons. The SMILES string of the molecule is CCC(CC)COC(=O)C1=C(C)NC(=S)N[C@H]1c1cc(OC)ccc1OC. The minimum Gasteiger partial charge on any atom is -0.497 e. The summed E-state index contributed by atoms with van der Waals surface area (Å²) in [6.07, 6.45) is 1.94. The van der Waals surface area contributed by atoms with Crippen LogP contribution in [0.3, 0.4) is 0 Å². The first-order valence-corrected chi connectivity index (χ1v) is 9.53. The molecule has 27 heavy (non-hydrogen) atoms. The molecular weight excluding hydrogens is 364 g/mol. The summed E-state index contributed by atoms with van der Waals surface area (Å²) < 4.78 is 16.5. The van der Waals surface area contributed by atoms with Gasteiger partial charge in [0.05, 0.1) is 32.4 Å². The van der Waals surface area contributed by atoms with Gasteiger partial charge in [0.25, 0.3) is 0 Å². The highest BCUT2D eigenvalue weighted by Crippen LogP contribution is 2.36. The molecule has 1 aliphatic heterocycles. The molecule has 1 aromatic carbocycles. The van der Waals surface area contributed by atoms with E-state index in [2.05, 4.69) is 24.5 Å². The largest absolute Gasteiger partial charge is 0.497 e. The number of thiocarbonyl (C=S) groups is 1. The molecule has 0 fully saturated rings. The number of carbonyl (C=O) groups is 1. The number of methoxy groups -OCH3 is 2. The van der Waals surface area contributed by atoms with E-state index in [1.54, 1.807) is 14.2 Å². The fourth-order valence-electron chi connectivity index (χ4n) is 3.06. The first kappa shape index (κ1) is 21.0. The van der Waals surface area contributed by atoms with E-state index < -0.39 is 6.04 Å². The van der Waals surface area contributed by atoms with Crippen molar-refractivity contribution in [3.8, 4) is 11.5 Å². The maximum atomic E-state index is 12.9. The fraction of sp³-hybridized carbons (Fsp3) is 0.500. The Balaban J connectivity index is 2.40. The summed E-state index contributed by atoms with van der Waals surface area (Å²) in [5, 5.41) is 6.62. The molecule has 148 valence electrons. The molecule has 0 amide bonds. The van der Waals surface area contributed by atoms with Crippen LogP contribution in [0.1, 0.15) is 45.2 Å². The maximum Gasteiger partial charge on any atom is 0.338 e. The van der Waals surface area contributed by atoms with Crippen molar-refractivity contribution in [3.05, 3.63) is 35.0 Å². The summed E-state index contributed by atoms with van der Waals surface area (Å²) in [5.74, 6) is 1.29. The minimum atomic E-state index is -0.488. The Labute approximate surface area is 166 Å². The maximum absolute atomic E-state index is 12.9. The van der Waals surface area contributed by atoms with Crippen LogP contribution in [0.2, 0.25) is 0 Å². The Morgan fingerprint density at radius 1 is 1.22 bits per heavy atom. The number of hydrogen-bond donors (Lipinski definition) is 2. The summed E-state index contributed by atoms with van der Waals surface area (Å²) in [6, 6.07) is 4.97. The summed E-state index contributed by atoms with van der Waals surface area (Å²) in [4.78, 5) is 12.9. The minimum absolute atomic E-state index is 0.352. The quantitative estimate of drug-likeness (QED) is 0.518. The molecule has 0 saturated heterocycles. The normalized spacial score (nSPS) is 16.7. The van der Waals surface area contributed by atoms with E-state index in [0.717, 1.165) is 18.4 Å². The molecular formula is C20H28N2O4S. The number of hydrogen-bond acceptors (Lipinski definition) is 5. The van der Waals surface area contributed by atoms with Crippen molar-refractivity contribution < 1.29 is 19.0 Å². The molecule has 0 bridgehead atoms. The van der Waals surface area contributed by atoms with Crippen LogP contribution in [0.5, 0.6) is 11.5 Å². The molecule has 0 saturated carbocycles. The average Bonchev–Trinajstić information content (AvgIpc) is 2.67. The predicted octanol–water partition coefficient (Wildman–Crippen LogP) is 3.48. The molecule has 0 spiro atoms. The Kier molecular flexibility index (Phi) is 7.47. The van der Waals surface area contributed by atoms with Crippen LogP contribution in [-0.4, -0.2) is 31.9 Å². The number of allylic oxidation sites excluding steroid dienone is 1. The van der Waals surface area contributed by atoms with E-state index in [4.69, 9.17) is 26.4 Å². The third-order valence-electron chi connectivity index (χ3n) is 4.84. The molecule has 0 unspecified atom stereocenters. The molecule has 1 atom stereocenters. The lowest BCUT2D eigenvalue weighted by atomic mass is 9.94. The van der Waals surface area contributed by atoms with Crippen LogP contribution in [0.25, 0.3) is 0 Å². The zero-order valence-electron chi connectivity index (χ0n) is 16.5. The highest BCUT2D eigenvalue weighted by Gasteiger charge is 2.33. The topological polar surface area (TPSA) is 68.8 Å². The second-order valence-electron chi connectivity index (χ2n) is 6.46. The van der Waals surface area contributed by atoms with Gasteiger partial charge < -0.3 is 24.8 Å². The van der Waals surface area contributed by atoms with Crippen LogP contribution in [0.4, 0.5) is 0 Å². The second kappa shape index (κ2) is 9.60. The third-order valence-corrected chi connectivity index (χ3v) is 5.06. The lowest BCUT2D eigenvalue weighted by Gasteiger charge is -2.31. The van der Waals surface area contributed by atoms with Gasteiger partial charge in [-0.2, -0.15) is 0 Å². The highest BCUT2D eigenvalue weighted by atomic mass is 32.1. The third kappa shape index (κ3) is 4.91. The van der Waals surface area contributed by atoms with Gasteiger partial charge >= 0.3 is 5.97 Å². The molecule has 6 nitrogen and oxygen atoms in total. The molecule has 7 heteroatoms. The van der Waals surface area contributed by atoms with Gasteiger partial charge in [-0.3, -0.25) is 0 Å². The molecule has 2 rings (SSSR count). The molecule has 1 heterocycles. The molecule has 1 aliphatic rings. The summed E-state index contributed by atoms with van der Waals surface area (Å²) in [6.45, 7) is 6.41. The lowest BCUT2D eigenvalue weighted by molar-refractivity contribution is -0.141. The van der Waals surface area contributed by atoms with Crippen LogP contribution in [0.15, 0.2) is 29.5 Å². The van der Waals surface area contributed by atoms with Crippen molar-refractivity contribution in [2.24, 2.45) is 5.92 Å². The van der Waals surface area contributed by atoms with E-state index in [1.165, 1.54) is 0 Å². The van der Waals surface area contributed by atoms with E-state index >= 15 is 0 Å². The van der Waals surface area contributed by atoms with Crippen molar-refractivity contribution in [1.29, 1.82) is 0 Å². The van der Waals surface area contributed by atoms with Crippen LogP contribution in [0, 0.1) is 5.92 Å². The number of esters is 1. The number of benzene rings is 1. The van der Waals surface area contributed by atoms with Crippen LogP contribution >= 0.6 is 12.2 Å². The average molecular weight is 393 g/mol. The first-order chi connectivity index (χ1) is 12.9. The summed E-state index contributed by atoms with van der Waals surface area (Å²) >= 11 is 5.30. The van der Waals surface area contributed by atoms with Crippen molar-refractivity contribution in [2.45, 2.75) is 39.7 Å². The van der Waals surface area contributed by atoms with Gasteiger partial charge in [0.15, 0.2) is 5.11 Å². The smallest absolute Gasteiger partial charge is 0.338 e. The molecule has 0 aliphatic carbocycles. The molecule has 2 N–H and O–H groups in total. The van der Waals surface area contributed by atoms with E-state index in [0.29, 0.717) is 40.4 Å². The monoisotopic (exact) mass is 392 g/mol. The van der Waals surface area contributed by atoms with Crippen LogP contribution < -0.4 is 20.1 Å². The first-order valence-electron chi connectivity index (χ1n) is 9.12. The van der Waals surface area contributed by atoms with Crippen molar-refractivity contribution in [1.82, 2.24) is 10.6 Å². The highest BCUT2D eigenvalue weighted by molar-refractivity contribution is 7.80. The van der Waals surface area contributed by atoms with Gasteiger partial charge in [-0.15, -0.1) is 0 Å². The van der Waals surface area contributed by atoms with Crippen molar-refractivity contribution >= 4 is 23.3 Å². The van der Waals surface area contributed by atoms with E-state index in [-0.39, 0.29) is 5.97 Å². The second-order valence-corrected chi connectivity index (χ2v) is 6.87. The number of rotatable bonds is 8. The standard InChI is InChI=1S/C20H28N2O4S/c1-6-13(7-2)11-26-19(23)17-12(3)21-20(27)22-18(17)15-10-14(24-4)8-9-16(15)25-5/h8-10,13,18H,6-7,11H2,1-5H3,(H2,21,22,27)/t18-/m0/s1. The van der Waals surface area contributed by atoms with Crippen LogP contribution in [-0.2, 0) is 9.53 Å². The van der Waals surface area contributed by atoms with Gasteiger partial charge in [-0.05, 0) is 43.3 Å². The molecule has 0 aromatic heterocycles. The molecule has 1 aromatic rings. The van der Waals surface area contributed by atoms with Gasteiger partial charge in [0.2, 0.25) is 0 Å². The van der Waals surface area contributed by atoms with Gasteiger partial charge in [0, 0.05) is 11.3 Å². The number of nitrogens with one attached hydrogen (secondary N) is 2. The Hall–Kier alpha value is -2.28. The Morgan fingerprint density at radius 3 is 2.52 bits per heavy atom. The van der Waals surface area contributed by atoms with Crippen molar-refractivity contribution in [3.63, 3.8) is 0 Å². The zero-order chi connectivity index (χ0) is 20.0. The number of ether oxygens (including phenoxy) is 3. The summed E-state index contributed by atoms with van der Waals surface area (Å²) in [5.41, 5.74) is 1.92. The fourth-order valence-corrected chi connectivity index (χ4v) is 3.33. The summed E-state index contributed by atoms with van der Waals surface area (Å²) in [7, 11) is 3.18. The van der Waals surface area contributed by atoms with Gasteiger partial charge in [-0.25, -0.2) is 4.79 Å². The van der Waals surface area contributed by atoms with Gasteiger partial charge in [0.1, 0.15) is 11.5 Å².